The van der Waals surface area contributed by atoms with Crippen molar-refractivity contribution in [2.75, 3.05) is 6.54 Å². The van der Waals surface area contributed by atoms with Gasteiger partial charge in [0.1, 0.15) is 0 Å². The average Bonchev–Trinajstić information content (AvgIpc) is 2.89. The first-order valence-electron chi connectivity index (χ1n) is 4.64. The highest BCUT2D eigenvalue weighted by Gasteiger charge is 2.07. The summed E-state index contributed by atoms with van der Waals surface area (Å²) in [6.07, 6.45) is 2.25. The number of hydrogen-bond donors (Lipinski definition) is 2. The summed E-state index contributed by atoms with van der Waals surface area (Å²) < 4.78 is 1.26. The van der Waals surface area contributed by atoms with Gasteiger partial charge in [-0.3, -0.25) is 4.79 Å². The fourth-order valence-corrected chi connectivity index (χ4v) is 2.94. The Bertz CT molecular complexity index is 468. The first-order valence-corrected chi connectivity index (χ1v) is 6.53. The molecule has 0 aliphatic carbocycles. The minimum atomic E-state index is -0.194. The molecule has 0 aliphatic heterocycles. The van der Waals surface area contributed by atoms with Gasteiger partial charge in [0.2, 0.25) is 0 Å². The summed E-state index contributed by atoms with van der Waals surface area (Å²) in [5, 5.41) is 12.5. The van der Waals surface area contributed by atoms with Crippen LogP contribution in [0, 0.1) is 2.88 Å². The van der Waals surface area contributed by atoms with Crippen molar-refractivity contribution in [1.29, 1.82) is 0 Å². The van der Waals surface area contributed by atoms with E-state index in [1.54, 1.807) is 11.3 Å². The molecular weight excluding hydrogens is 339 g/mol. The van der Waals surface area contributed by atoms with Gasteiger partial charge in [0.15, 0.2) is 5.69 Å². The second kappa shape index (κ2) is 5.39. The van der Waals surface area contributed by atoms with E-state index in [2.05, 4.69) is 55.5 Å². The van der Waals surface area contributed by atoms with Gasteiger partial charge in [0.25, 0.3) is 5.91 Å². The molecule has 0 unspecified atom stereocenters. The Hall–Kier alpha value is -0.960. The zero-order chi connectivity index (χ0) is 11.4. The van der Waals surface area contributed by atoms with E-state index in [1.807, 2.05) is 0 Å². The fraction of sp³-hybridized carbons (Fsp3) is 0.222. The number of rotatable bonds is 4. The van der Waals surface area contributed by atoms with E-state index in [9.17, 15) is 4.79 Å². The molecule has 0 bridgehead atoms. The van der Waals surface area contributed by atoms with E-state index in [4.69, 9.17) is 0 Å². The summed E-state index contributed by atoms with van der Waals surface area (Å²) in [7, 11) is 0. The van der Waals surface area contributed by atoms with E-state index < -0.39 is 0 Å². The highest BCUT2D eigenvalue weighted by Crippen LogP contribution is 2.18. The van der Waals surface area contributed by atoms with Crippen molar-refractivity contribution in [3.05, 3.63) is 31.8 Å². The van der Waals surface area contributed by atoms with Gasteiger partial charge in [-0.15, -0.1) is 11.3 Å². The minimum absolute atomic E-state index is 0.194. The Balaban J connectivity index is 1.78. The molecule has 0 radical (unpaired) electrons. The van der Waals surface area contributed by atoms with Crippen LogP contribution in [-0.4, -0.2) is 27.9 Å². The highest BCUT2D eigenvalue weighted by molar-refractivity contribution is 14.1. The Kier molecular flexibility index (Phi) is 3.88. The predicted molar refractivity (Wildman–Crippen MR) is 69.5 cm³/mol. The van der Waals surface area contributed by atoms with Gasteiger partial charge in [-0.25, -0.2) is 0 Å². The second-order valence-corrected chi connectivity index (χ2v) is 6.13. The van der Waals surface area contributed by atoms with E-state index in [1.165, 1.54) is 14.0 Å². The predicted octanol–water partition coefficient (Wildman–Crippen LogP) is 1.44. The Morgan fingerprint density at radius 1 is 1.56 bits per heavy atom. The van der Waals surface area contributed by atoms with Crippen LogP contribution >= 0.6 is 33.9 Å². The molecule has 0 fully saturated rings. The van der Waals surface area contributed by atoms with Crippen molar-refractivity contribution in [1.82, 2.24) is 20.7 Å². The van der Waals surface area contributed by atoms with Gasteiger partial charge in [-0.2, -0.15) is 15.4 Å². The van der Waals surface area contributed by atoms with Crippen LogP contribution in [0.3, 0.4) is 0 Å². The standard InChI is InChI=1S/C9H9IN4OS/c10-8-2-1-6(16-8)3-4-11-9(15)7-5-12-14-13-7/h1-2,5H,3-4H2,(H,11,15)(H,12,13,14). The molecule has 2 aromatic rings. The van der Waals surface area contributed by atoms with Crippen LogP contribution in [0.5, 0.6) is 0 Å². The molecule has 7 heteroatoms. The number of carbonyl (C=O) groups is 1. The Morgan fingerprint density at radius 3 is 3.06 bits per heavy atom. The average molecular weight is 348 g/mol. The van der Waals surface area contributed by atoms with Crippen molar-refractivity contribution in [3.63, 3.8) is 0 Å². The maximum absolute atomic E-state index is 11.5. The van der Waals surface area contributed by atoms with Gasteiger partial charge in [-0.05, 0) is 41.1 Å². The summed E-state index contributed by atoms with van der Waals surface area (Å²) in [5.74, 6) is -0.194. The van der Waals surface area contributed by atoms with Gasteiger partial charge in [-0.1, -0.05) is 0 Å². The molecule has 2 N–H and O–H groups in total. The van der Waals surface area contributed by atoms with E-state index in [-0.39, 0.29) is 5.91 Å². The number of aromatic amines is 1. The van der Waals surface area contributed by atoms with Gasteiger partial charge < -0.3 is 5.32 Å². The molecule has 2 rings (SSSR count). The second-order valence-electron chi connectivity index (χ2n) is 3.07. The summed E-state index contributed by atoms with van der Waals surface area (Å²) in [4.78, 5) is 12.7. The SMILES string of the molecule is O=C(NCCc1ccc(I)s1)c1cn[nH]n1. The molecule has 2 heterocycles. The summed E-state index contributed by atoms with van der Waals surface area (Å²) in [6, 6.07) is 4.15. The third-order valence-electron chi connectivity index (χ3n) is 1.93. The summed E-state index contributed by atoms with van der Waals surface area (Å²) in [5.41, 5.74) is 0.320. The van der Waals surface area contributed by atoms with Crippen LogP contribution in [0.25, 0.3) is 0 Å². The molecule has 5 nitrogen and oxygen atoms in total. The largest absolute Gasteiger partial charge is 0.350 e. The molecule has 0 saturated heterocycles. The third-order valence-corrected chi connectivity index (χ3v) is 3.89. The first kappa shape index (κ1) is 11.5. The molecule has 2 aromatic heterocycles. The first-order chi connectivity index (χ1) is 7.75. The topological polar surface area (TPSA) is 70.7 Å². The zero-order valence-corrected chi connectivity index (χ0v) is 11.2. The number of aromatic nitrogens is 3. The van der Waals surface area contributed by atoms with Crippen LogP contribution in [-0.2, 0) is 6.42 Å². The number of carbonyl (C=O) groups excluding carboxylic acids is 1. The maximum Gasteiger partial charge on any atom is 0.273 e. The molecule has 0 aromatic carbocycles. The maximum atomic E-state index is 11.5. The zero-order valence-electron chi connectivity index (χ0n) is 8.24. The normalized spacial score (nSPS) is 10.3. The minimum Gasteiger partial charge on any atom is -0.350 e. The van der Waals surface area contributed by atoms with Crippen LogP contribution in [0.1, 0.15) is 15.4 Å². The molecule has 16 heavy (non-hydrogen) atoms. The lowest BCUT2D eigenvalue weighted by molar-refractivity contribution is 0.0949. The number of amides is 1. The third kappa shape index (κ3) is 3.01. The van der Waals surface area contributed by atoms with E-state index in [0.717, 1.165) is 6.42 Å². The lowest BCUT2D eigenvalue weighted by atomic mass is 10.3. The summed E-state index contributed by atoms with van der Waals surface area (Å²) >= 11 is 4.02. The quantitative estimate of drug-likeness (QED) is 0.822. The molecule has 0 spiro atoms. The van der Waals surface area contributed by atoms with Gasteiger partial charge in [0.05, 0.1) is 9.08 Å². The number of nitrogens with zero attached hydrogens (tertiary/aromatic N) is 2. The van der Waals surface area contributed by atoms with Crippen molar-refractivity contribution in [2.24, 2.45) is 0 Å². The molecule has 0 saturated carbocycles. The monoisotopic (exact) mass is 348 g/mol. The molecule has 84 valence electrons. The summed E-state index contributed by atoms with van der Waals surface area (Å²) in [6.45, 7) is 0.613. The van der Waals surface area contributed by atoms with Crippen LogP contribution in [0.2, 0.25) is 0 Å². The van der Waals surface area contributed by atoms with Gasteiger partial charge in [0, 0.05) is 11.4 Å². The van der Waals surface area contributed by atoms with Crippen molar-refractivity contribution in [2.45, 2.75) is 6.42 Å². The molecule has 1 amide bonds. The van der Waals surface area contributed by atoms with Gasteiger partial charge >= 0.3 is 0 Å². The lowest BCUT2D eigenvalue weighted by Crippen LogP contribution is -2.25. The van der Waals surface area contributed by atoms with Crippen molar-refractivity contribution < 1.29 is 4.79 Å². The van der Waals surface area contributed by atoms with Crippen LogP contribution < -0.4 is 5.32 Å². The smallest absolute Gasteiger partial charge is 0.273 e. The lowest BCUT2D eigenvalue weighted by Gasteiger charge is -2.00. The van der Waals surface area contributed by atoms with Crippen molar-refractivity contribution in [3.8, 4) is 0 Å². The van der Waals surface area contributed by atoms with E-state index in [0.29, 0.717) is 12.2 Å². The number of hydrogen-bond acceptors (Lipinski definition) is 4. The number of halogens is 1. The number of H-pyrrole nitrogens is 1. The number of nitrogens with one attached hydrogen (secondary N) is 2. The Morgan fingerprint density at radius 2 is 2.44 bits per heavy atom. The highest BCUT2D eigenvalue weighted by atomic mass is 127. The molecular formula is C9H9IN4OS. The van der Waals surface area contributed by atoms with Crippen LogP contribution in [0.4, 0.5) is 0 Å². The van der Waals surface area contributed by atoms with E-state index >= 15 is 0 Å². The Labute approximate surface area is 110 Å². The van der Waals surface area contributed by atoms with Crippen LogP contribution in [0.15, 0.2) is 18.3 Å². The molecule has 0 atom stereocenters. The fourth-order valence-electron chi connectivity index (χ4n) is 1.19. The number of thiophene rings is 1. The molecule has 0 aliphatic rings. The van der Waals surface area contributed by atoms with Crippen molar-refractivity contribution >= 4 is 39.8 Å².